The van der Waals surface area contributed by atoms with Crippen LogP contribution in [0.4, 0.5) is 9.18 Å². The maximum absolute atomic E-state index is 12.8. The quantitative estimate of drug-likeness (QED) is 0.568. The van der Waals surface area contributed by atoms with Gasteiger partial charge in [0, 0.05) is 0 Å². The van der Waals surface area contributed by atoms with Crippen molar-refractivity contribution >= 4 is 17.8 Å². The van der Waals surface area contributed by atoms with Gasteiger partial charge in [-0.2, -0.15) is 0 Å². The zero-order valence-corrected chi connectivity index (χ0v) is 16.9. The monoisotopic (exact) mass is 394 g/mol. The minimum Gasteiger partial charge on any atom is -0.445 e. The van der Waals surface area contributed by atoms with Gasteiger partial charge in [0.2, 0.25) is 5.91 Å². The lowest BCUT2D eigenvalue weighted by molar-refractivity contribution is -0.129. The number of Topliss-reactive ketones (excluding diaryl/α,β-unsaturated/α-hetero) is 1. The number of carbonyl (C=O) groups is 3. The number of alkyl carbamates (subject to hydrolysis) is 1. The van der Waals surface area contributed by atoms with E-state index < -0.39 is 36.5 Å². The zero-order valence-electron chi connectivity index (χ0n) is 16.9. The fraction of sp³-hybridized carbons (Fsp3) is 0.571. The molecular weight excluding hydrogens is 363 g/mol. The van der Waals surface area contributed by atoms with Crippen LogP contribution in [0, 0.1) is 5.92 Å². The number of rotatable bonds is 12. The maximum atomic E-state index is 12.8. The molecule has 1 aromatic rings. The van der Waals surface area contributed by atoms with Crippen molar-refractivity contribution in [2.24, 2.45) is 5.92 Å². The molecule has 1 rings (SSSR count). The molecule has 0 heterocycles. The van der Waals surface area contributed by atoms with Crippen molar-refractivity contribution in [3.8, 4) is 0 Å². The second kappa shape index (κ2) is 12.9. The number of halogens is 1. The first kappa shape index (κ1) is 23.6. The van der Waals surface area contributed by atoms with Gasteiger partial charge in [0.25, 0.3) is 0 Å². The summed E-state index contributed by atoms with van der Waals surface area (Å²) in [4.78, 5) is 36.5. The Hall–Kier alpha value is -2.44. The molecule has 0 aliphatic carbocycles. The summed E-state index contributed by atoms with van der Waals surface area (Å²) < 4.78 is 18.0. The van der Waals surface area contributed by atoms with Gasteiger partial charge in [-0.05, 0) is 24.3 Å². The van der Waals surface area contributed by atoms with E-state index >= 15 is 0 Å². The van der Waals surface area contributed by atoms with Crippen molar-refractivity contribution in [3.63, 3.8) is 0 Å². The van der Waals surface area contributed by atoms with Gasteiger partial charge in [-0.1, -0.05) is 63.9 Å². The molecule has 2 atom stereocenters. The smallest absolute Gasteiger partial charge is 0.408 e. The fourth-order valence-electron chi connectivity index (χ4n) is 2.70. The summed E-state index contributed by atoms with van der Waals surface area (Å²) in [6.45, 7) is 4.74. The van der Waals surface area contributed by atoms with Crippen molar-refractivity contribution in [1.82, 2.24) is 10.6 Å². The summed E-state index contributed by atoms with van der Waals surface area (Å²) in [6, 6.07) is 7.45. The number of hydrogen-bond acceptors (Lipinski definition) is 4. The molecule has 1 aromatic carbocycles. The average molecular weight is 394 g/mol. The van der Waals surface area contributed by atoms with Gasteiger partial charge in [-0.15, -0.1) is 0 Å². The highest BCUT2D eigenvalue weighted by atomic mass is 19.1. The minimum absolute atomic E-state index is 0.0855. The van der Waals surface area contributed by atoms with Crippen LogP contribution < -0.4 is 10.6 Å². The first-order valence-electron chi connectivity index (χ1n) is 9.73. The van der Waals surface area contributed by atoms with E-state index in [1.165, 1.54) is 0 Å². The van der Waals surface area contributed by atoms with E-state index in [4.69, 9.17) is 4.74 Å². The van der Waals surface area contributed by atoms with Crippen LogP contribution in [0.2, 0.25) is 0 Å². The largest absolute Gasteiger partial charge is 0.445 e. The standard InChI is InChI=1S/C21H31FN2O4/c1-4-5-11-17(19(25)13-22)23-20(26)18(12-15(2)3)24-21(27)28-14-16-9-7-6-8-10-16/h6-10,15,17-18H,4-5,11-14H2,1-3H3,(H,23,26)(H,24,27)/t17-,18-/m0/s1. The Labute approximate surface area is 166 Å². The summed E-state index contributed by atoms with van der Waals surface area (Å²) in [5.74, 6) is -1.04. The molecule has 2 N–H and O–H groups in total. The maximum Gasteiger partial charge on any atom is 0.408 e. The summed E-state index contributed by atoms with van der Waals surface area (Å²) in [5.41, 5.74) is 0.829. The highest BCUT2D eigenvalue weighted by molar-refractivity contribution is 5.92. The van der Waals surface area contributed by atoms with Crippen molar-refractivity contribution in [3.05, 3.63) is 35.9 Å². The van der Waals surface area contributed by atoms with E-state index in [0.29, 0.717) is 19.3 Å². The van der Waals surface area contributed by atoms with Gasteiger partial charge < -0.3 is 15.4 Å². The van der Waals surface area contributed by atoms with E-state index in [0.717, 1.165) is 12.0 Å². The lowest BCUT2D eigenvalue weighted by atomic mass is 10.0. The number of ether oxygens (including phenoxy) is 1. The molecule has 0 aliphatic heterocycles. The Balaban J connectivity index is 2.69. The van der Waals surface area contributed by atoms with Crippen LogP contribution in [0.25, 0.3) is 0 Å². The number of benzene rings is 1. The molecule has 2 amide bonds. The second-order valence-corrected chi connectivity index (χ2v) is 7.19. The third-order valence-corrected chi connectivity index (χ3v) is 4.21. The van der Waals surface area contributed by atoms with Gasteiger partial charge in [-0.3, -0.25) is 9.59 Å². The predicted octanol–water partition coefficient (Wildman–Crippen LogP) is 3.54. The van der Waals surface area contributed by atoms with E-state index in [2.05, 4.69) is 10.6 Å². The van der Waals surface area contributed by atoms with Crippen LogP contribution >= 0.6 is 0 Å². The Bertz CT molecular complexity index is 622. The van der Waals surface area contributed by atoms with Crippen LogP contribution in [0.15, 0.2) is 30.3 Å². The van der Waals surface area contributed by atoms with Gasteiger partial charge in [0.15, 0.2) is 5.78 Å². The van der Waals surface area contributed by atoms with E-state index in [9.17, 15) is 18.8 Å². The summed E-state index contributed by atoms with van der Waals surface area (Å²) in [5, 5.41) is 5.15. The first-order valence-corrected chi connectivity index (χ1v) is 9.73. The number of unbranched alkanes of at least 4 members (excludes halogenated alkanes) is 1. The Morgan fingerprint density at radius 3 is 2.32 bits per heavy atom. The normalized spacial score (nSPS) is 12.9. The topological polar surface area (TPSA) is 84.5 Å². The lowest BCUT2D eigenvalue weighted by Gasteiger charge is -2.23. The molecular formula is C21H31FN2O4. The van der Waals surface area contributed by atoms with E-state index in [1.54, 1.807) is 0 Å². The van der Waals surface area contributed by atoms with E-state index in [1.807, 2.05) is 51.1 Å². The minimum atomic E-state index is -1.13. The van der Waals surface area contributed by atoms with Crippen LogP contribution in [0.3, 0.4) is 0 Å². The molecule has 0 fully saturated rings. The van der Waals surface area contributed by atoms with Gasteiger partial charge >= 0.3 is 6.09 Å². The predicted molar refractivity (Wildman–Crippen MR) is 105 cm³/mol. The molecule has 0 aliphatic rings. The zero-order chi connectivity index (χ0) is 20.9. The molecule has 6 nitrogen and oxygen atoms in total. The molecule has 0 radical (unpaired) electrons. The van der Waals surface area contributed by atoms with Crippen LogP contribution in [0.5, 0.6) is 0 Å². The van der Waals surface area contributed by atoms with Crippen LogP contribution in [-0.4, -0.2) is 36.5 Å². The third kappa shape index (κ3) is 8.97. The summed E-state index contributed by atoms with van der Waals surface area (Å²) in [6.07, 6.45) is 1.55. The van der Waals surface area contributed by atoms with Crippen LogP contribution in [0.1, 0.15) is 52.0 Å². The SMILES string of the molecule is CCCC[C@H](NC(=O)[C@H](CC(C)C)NC(=O)OCc1ccccc1)C(=O)CF. The molecule has 28 heavy (non-hydrogen) atoms. The molecule has 0 saturated carbocycles. The number of hydrogen-bond donors (Lipinski definition) is 2. The molecule has 0 spiro atoms. The Morgan fingerprint density at radius 2 is 1.75 bits per heavy atom. The molecule has 0 unspecified atom stereocenters. The van der Waals surface area contributed by atoms with Gasteiger partial charge in [-0.25, -0.2) is 9.18 Å². The van der Waals surface area contributed by atoms with Crippen molar-refractivity contribution in [2.45, 2.75) is 65.1 Å². The van der Waals surface area contributed by atoms with Gasteiger partial charge in [0.05, 0.1) is 6.04 Å². The number of carbonyl (C=O) groups excluding carboxylic acids is 3. The highest BCUT2D eigenvalue weighted by Gasteiger charge is 2.27. The lowest BCUT2D eigenvalue weighted by Crippen LogP contribution is -2.52. The molecule has 0 aromatic heterocycles. The Kier molecular flexibility index (Phi) is 10.8. The Morgan fingerprint density at radius 1 is 1.07 bits per heavy atom. The highest BCUT2D eigenvalue weighted by Crippen LogP contribution is 2.09. The van der Waals surface area contributed by atoms with Crippen molar-refractivity contribution < 1.29 is 23.5 Å². The second-order valence-electron chi connectivity index (χ2n) is 7.19. The number of alkyl halides is 1. The molecule has 156 valence electrons. The summed E-state index contributed by atoms with van der Waals surface area (Å²) in [7, 11) is 0. The first-order chi connectivity index (χ1) is 13.4. The van der Waals surface area contributed by atoms with Crippen molar-refractivity contribution in [1.29, 1.82) is 0 Å². The average Bonchev–Trinajstić information content (AvgIpc) is 2.68. The molecule has 7 heteroatoms. The summed E-state index contributed by atoms with van der Waals surface area (Å²) >= 11 is 0. The fourth-order valence-corrected chi connectivity index (χ4v) is 2.70. The van der Waals surface area contributed by atoms with Crippen molar-refractivity contribution in [2.75, 3.05) is 6.67 Å². The molecule has 0 bridgehead atoms. The molecule has 0 saturated heterocycles. The van der Waals surface area contributed by atoms with E-state index in [-0.39, 0.29) is 12.5 Å². The third-order valence-electron chi connectivity index (χ3n) is 4.21. The van der Waals surface area contributed by atoms with Crippen LogP contribution in [-0.2, 0) is 20.9 Å². The van der Waals surface area contributed by atoms with Gasteiger partial charge in [0.1, 0.15) is 19.3 Å². The number of amides is 2. The number of ketones is 1. The number of nitrogens with one attached hydrogen (secondary N) is 2.